The number of halogens is 2. The molecular formula is C14H12F2N2O3S. The zero-order valence-corrected chi connectivity index (χ0v) is 12.0. The summed E-state index contributed by atoms with van der Waals surface area (Å²) in [6.07, 6.45) is -0.270. The molecule has 22 heavy (non-hydrogen) atoms. The van der Waals surface area contributed by atoms with Crippen LogP contribution in [0, 0.1) is 11.6 Å². The first kappa shape index (κ1) is 16.1. The maximum Gasteiger partial charge on any atom is 0.238 e. The number of carbonyl (C=O) groups is 1. The molecule has 116 valence electrons. The summed E-state index contributed by atoms with van der Waals surface area (Å²) >= 11 is 0. The van der Waals surface area contributed by atoms with Crippen LogP contribution < -0.4 is 10.5 Å². The van der Waals surface area contributed by atoms with Crippen LogP contribution in [0.3, 0.4) is 0 Å². The Hall–Kier alpha value is -2.32. The van der Waals surface area contributed by atoms with E-state index >= 15 is 0 Å². The molecule has 2 aromatic carbocycles. The number of nitrogens with one attached hydrogen (secondary N) is 1. The molecule has 8 heteroatoms. The predicted octanol–water partition coefficient (Wildman–Crippen LogP) is 1.79. The summed E-state index contributed by atoms with van der Waals surface area (Å²) in [7, 11) is -4.10. The molecule has 2 rings (SSSR count). The van der Waals surface area contributed by atoms with Crippen molar-refractivity contribution in [2.24, 2.45) is 5.14 Å². The number of sulfonamides is 1. The van der Waals surface area contributed by atoms with Gasteiger partial charge in [-0.25, -0.2) is 22.3 Å². The van der Waals surface area contributed by atoms with Gasteiger partial charge in [-0.1, -0.05) is 18.2 Å². The third kappa shape index (κ3) is 4.09. The molecule has 0 heterocycles. The van der Waals surface area contributed by atoms with Crippen LogP contribution in [0.25, 0.3) is 0 Å². The van der Waals surface area contributed by atoms with Crippen molar-refractivity contribution in [3.63, 3.8) is 0 Å². The minimum atomic E-state index is -4.10. The number of amides is 1. The van der Waals surface area contributed by atoms with Crippen molar-refractivity contribution < 1.29 is 22.0 Å². The SMILES string of the molecule is NS(=O)(=O)c1cc(F)cc(NC(=O)Cc2ccccc2F)c1. The van der Waals surface area contributed by atoms with E-state index in [1.54, 1.807) is 6.07 Å². The van der Waals surface area contributed by atoms with Crippen molar-refractivity contribution in [1.82, 2.24) is 0 Å². The molecule has 0 aliphatic heterocycles. The van der Waals surface area contributed by atoms with Gasteiger partial charge in [-0.3, -0.25) is 4.79 Å². The van der Waals surface area contributed by atoms with Crippen LogP contribution in [0.15, 0.2) is 47.4 Å². The molecule has 0 radical (unpaired) electrons. The molecule has 1 amide bonds. The maximum atomic E-state index is 13.4. The van der Waals surface area contributed by atoms with Gasteiger partial charge < -0.3 is 5.32 Å². The van der Waals surface area contributed by atoms with Crippen molar-refractivity contribution in [3.05, 3.63) is 59.7 Å². The first-order valence-corrected chi connectivity index (χ1v) is 7.67. The van der Waals surface area contributed by atoms with Crippen molar-refractivity contribution in [3.8, 4) is 0 Å². The maximum absolute atomic E-state index is 13.4. The highest BCUT2D eigenvalue weighted by atomic mass is 32.2. The second kappa shape index (κ2) is 6.20. The summed E-state index contributed by atoms with van der Waals surface area (Å²) in [6, 6.07) is 8.42. The fourth-order valence-electron chi connectivity index (χ4n) is 1.82. The van der Waals surface area contributed by atoms with E-state index in [1.165, 1.54) is 18.2 Å². The molecule has 0 unspecified atom stereocenters. The lowest BCUT2D eigenvalue weighted by Gasteiger charge is -2.08. The van der Waals surface area contributed by atoms with Crippen LogP contribution in [0.4, 0.5) is 14.5 Å². The lowest BCUT2D eigenvalue weighted by atomic mass is 10.1. The molecule has 0 atom stereocenters. The molecule has 3 N–H and O–H groups in total. The Balaban J connectivity index is 2.19. The lowest BCUT2D eigenvalue weighted by molar-refractivity contribution is -0.115. The van der Waals surface area contributed by atoms with Gasteiger partial charge in [-0.2, -0.15) is 0 Å². The van der Waals surface area contributed by atoms with Crippen LogP contribution in [0.5, 0.6) is 0 Å². The largest absolute Gasteiger partial charge is 0.326 e. The second-order valence-electron chi connectivity index (χ2n) is 4.54. The number of hydrogen-bond acceptors (Lipinski definition) is 3. The van der Waals surface area contributed by atoms with Crippen molar-refractivity contribution in [1.29, 1.82) is 0 Å². The van der Waals surface area contributed by atoms with Crippen molar-refractivity contribution in [2.45, 2.75) is 11.3 Å². The smallest absolute Gasteiger partial charge is 0.238 e. The van der Waals surface area contributed by atoms with Crippen LogP contribution in [-0.4, -0.2) is 14.3 Å². The Morgan fingerprint density at radius 2 is 1.82 bits per heavy atom. The van der Waals surface area contributed by atoms with Gasteiger partial charge in [-0.05, 0) is 29.8 Å². The van der Waals surface area contributed by atoms with E-state index in [-0.39, 0.29) is 17.7 Å². The van der Waals surface area contributed by atoms with Gasteiger partial charge in [0.15, 0.2) is 0 Å². The standard InChI is InChI=1S/C14H12F2N2O3S/c15-10-6-11(8-12(7-10)22(17,20)21)18-14(19)5-9-3-1-2-4-13(9)16/h1-4,6-8H,5H2,(H,18,19)(H2,17,20,21). The zero-order chi connectivity index (χ0) is 16.3. The van der Waals surface area contributed by atoms with Gasteiger partial charge in [0.05, 0.1) is 11.3 Å². The molecule has 5 nitrogen and oxygen atoms in total. The monoisotopic (exact) mass is 326 g/mol. The van der Waals surface area contributed by atoms with E-state index in [2.05, 4.69) is 5.32 Å². The summed E-state index contributed by atoms with van der Waals surface area (Å²) in [5, 5.41) is 7.22. The fraction of sp³-hybridized carbons (Fsp3) is 0.0714. The third-order valence-corrected chi connectivity index (χ3v) is 3.69. The summed E-state index contributed by atoms with van der Waals surface area (Å²) in [4.78, 5) is 11.4. The van der Waals surface area contributed by atoms with Crippen LogP contribution in [0.1, 0.15) is 5.56 Å². The molecule has 0 aromatic heterocycles. The van der Waals surface area contributed by atoms with E-state index in [9.17, 15) is 22.0 Å². The fourth-order valence-corrected chi connectivity index (χ4v) is 2.39. The summed E-state index contributed by atoms with van der Waals surface area (Å²) in [5.74, 6) is -2.02. The Kier molecular flexibility index (Phi) is 4.53. The highest BCUT2D eigenvalue weighted by Crippen LogP contribution is 2.18. The van der Waals surface area contributed by atoms with E-state index in [0.29, 0.717) is 0 Å². The molecule has 2 aromatic rings. The molecule has 0 aliphatic rings. The van der Waals surface area contributed by atoms with Crippen molar-refractivity contribution in [2.75, 3.05) is 5.32 Å². The average molecular weight is 326 g/mol. The number of rotatable bonds is 4. The Labute approximate surface area is 125 Å². The second-order valence-corrected chi connectivity index (χ2v) is 6.10. The molecule has 0 saturated heterocycles. The molecule has 0 aliphatic carbocycles. The third-order valence-electron chi connectivity index (χ3n) is 2.79. The quantitative estimate of drug-likeness (QED) is 0.898. The highest BCUT2D eigenvalue weighted by molar-refractivity contribution is 7.89. The molecule has 0 saturated carbocycles. The minimum absolute atomic E-state index is 0.0784. The summed E-state index contributed by atoms with van der Waals surface area (Å²) < 4.78 is 49.2. The van der Waals surface area contributed by atoms with Crippen LogP contribution >= 0.6 is 0 Å². The summed E-state index contributed by atoms with van der Waals surface area (Å²) in [5.41, 5.74) is 0.0911. The predicted molar refractivity (Wildman–Crippen MR) is 76.5 cm³/mol. The van der Waals surface area contributed by atoms with E-state index in [4.69, 9.17) is 5.14 Å². The number of hydrogen-bond donors (Lipinski definition) is 2. The van der Waals surface area contributed by atoms with Gasteiger partial charge >= 0.3 is 0 Å². The minimum Gasteiger partial charge on any atom is -0.326 e. The van der Waals surface area contributed by atoms with Crippen LogP contribution in [-0.2, 0) is 21.2 Å². The Morgan fingerprint density at radius 3 is 2.45 bits per heavy atom. The average Bonchev–Trinajstić information content (AvgIpc) is 2.39. The lowest BCUT2D eigenvalue weighted by Crippen LogP contribution is -2.17. The van der Waals surface area contributed by atoms with Gasteiger partial charge in [0, 0.05) is 5.69 Å². The van der Waals surface area contributed by atoms with E-state index in [0.717, 1.165) is 18.2 Å². The number of anilines is 1. The Bertz CT molecular complexity index is 823. The van der Waals surface area contributed by atoms with Gasteiger partial charge in [0.1, 0.15) is 11.6 Å². The number of carbonyl (C=O) groups excluding carboxylic acids is 1. The summed E-state index contributed by atoms with van der Waals surface area (Å²) in [6.45, 7) is 0. The molecular weight excluding hydrogens is 314 g/mol. The van der Waals surface area contributed by atoms with E-state index in [1.807, 2.05) is 0 Å². The van der Waals surface area contributed by atoms with Gasteiger partial charge in [0.2, 0.25) is 15.9 Å². The Morgan fingerprint density at radius 1 is 1.14 bits per heavy atom. The van der Waals surface area contributed by atoms with Crippen LogP contribution in [0.2, 0.25) is 0 Å². The normalized spacial score (nSPS) is 11.2. The first-order chi connectivity index (χ1) is 10.3. The molecule has 0 spiro atoms. The topological polar surface area (TPSA) is 89.3 Å². The number of benzene rings is 2. The van der Waals surface area contributed by atoms with Crippen molar-refractivity contribution >= 4 is 21.6 Å². The molecule has 0 fully saturated rings. The van der Waals surface area contributed by atoms with Gasteiger partial charge in [0.25, 0.3) is 0 Å². The molecule has 0 bridgehead atoms. The van der Waals surface area contributed by atoms with E-state index < -0.39 is 32.5 Å². The number of nitrogens with two attached hydrogens (primary N) is 1. The highest BCUT2D eigenvalue weighted by Gasteiger charge is 2.13. The first-order valence-electron chi connectivity index (χ1n) is 6.12. The van der Waals surface area contributed by atoms with Gasteiger partial charge in [-0.15, -0.1) is 0 Å². The number of primary sulfonamides is 1. The zero-order valence-electron chi connectivity index (χ0n) is 11.2.